The maximum atomic E-state index is 5.14. The lowest BCUT2D eigenvalue weighted by molar-refractivity contribution is 0.384. The number of aryl methyl sites for hydroxylation is 1. The number of rotatable bonds is 1. The van der Waals surface area contributed by atoms with E-state index in [4.69, 9.17) is 4.74 Å². The summed E-state index contributed by atoms with van der Waals surface area (Å²) in [6.07, 6.45) is 1.70. The second-order valence-electron chi connectivity index (χ2n) is 2.50. The van der Waals surface area contributed by atoms with E-state index in [2.05, 4.69) is 10.1 Å². The zero-order chi connectivity index (χ0) is 8.55. The number of hydrogen-bond donors (Lipinski definition) is 0. The number of ether oxygens (including phenoxy) is 1. The second kappa shape index (κ2) is 2.48. The SMILES string of the molecule is COc1c(C)nc2cccnn12. The Morgan fingerprint density at radius 3 is 3.08 bits per heavy atom. The smallest absolute Gasteiger partial charge is 0.238 e. The minimum Gasteiger partial charge on any atom is -0.480 e. The van der Waals surface area contributed by atoms with E-state index in [-0.39, 0.29) is 0 Å². The Labute approximate surface area is 69.8 Å². The largest absolute Gasteiger partial charge is 0.480 e. The lowest BCUT2D eigenvalue weighted by atomic mass is 10.5. The molecular weight excluding hydrogens is 154 g/mol. The van der Waals surface area contributed by atoms with Crippen LogP contribution in [0.25, 0.3) is 5.65 Å². The van der Waals surface area contributed by atoms with Gasteiger partial charge in [0.1, 0.15) is 5.69 Å². The Morgan fingerprint density at radius 1 is 1.50 bits per heavy atom. The molecule has 2 rings (SSSR count). The summed E-state index contributed by atoms with van der Waals surface area (Å²) in [6.45, 7) is 1.90. The third-order valence-electron chi connectivity index (χ3n) is 1.71. The van der Waals surface area contributed by atoms with E-state index in [1.54, 1.807) is 17.8 Å². The van der Waals surface area contributed by atoms with E-state index in [1.165, 1.54) is 0 Å². The van der Waals surface area contributed by atoms with E-state index in [1.807, 2.05) is 19.1 Å². The molecule has 2 aromatic heterocycles. The normalized spacial score (nSPS) is 10.5. The Morgan fingerprint density at radius 2 is 2.33 bits per heavy atom. The molecule has 0 spiro atoms. The molecule has 0 radical (unpaired) electrons. The summed E-state index contributed by atoms with van der Waals surface area (Å²) in [5, 5.41) is 4.10. The van der Waals surface area contributed by atoms with E-state index in [0.717, 1.165) is 11.3 Å². The number of aromatic nitrogens is 3. The van der Waals surface area contributed by atoms with Gasteiger partial charge in [-0.15, -0.1) is 0 Å². The predicted octanol–water partition coefficient (Wildman–Crippen LogP) is 1.05. The van der Waals surface area contributed by atoms with Crippen molar-refractivity contribution in [2.45, 2.75) is 6.92 Å². The highest BCUT2D eigenvalue weighted by Gasteiger charge is 2.07. The highest BCUT2D eigenvalue weighted by atomic mass is 16.5. The molecule has 0 aromatic carbocycles. The lowest BCUT2D eigenvalue weighted by Crippen LogP contribution is -1.94. The van der Waals surface area contributed by atoms with Crippen LogP contribution in [-0.2, 0) is 0 Å². The molecule has 0 atom stereocenters. The lowest BCUT2D eigenvalue weighted by Gasteiger charge is -1.97. The second-order valence-corrected chi connectivity index (χ2v) is 2.50. The molecule has 0 saturated carbocycles. The van der Waals surface area contributed by atoms with Gasteiger partial charge in [0.2, 0.25) is 5.88 Å². The third kappa shape index (κ3) is 0.845. The molecule has 0 aliphatic heterocycles. The summed E-state index contributed by atoms with van der Waals surface area (Å²) in [7, 11) is 1.62. The molecule has 0 N–H and O–H groups in total. The maximum absolute atomic E-state index is 5.14. The fourth-order valence-electron chi connectivity index (χ4n) is 1.21. The molecule has 4 heteroatoms. The summed E-state index contributed by atoms with van der Waals surface area (Å²) in [5.41, 5.74) is 1.67. The molecule has 0 aliphatic rings. The summed E-state index contributed by atoms with van der Waals surface area (Å²) in [4.78, 5) is 4.26. The first-order valence-corrected chi connectivity index (χ1v) is 3.67. The molecule has 0 unspecified atom stereocenters. The monoisotopic (exact) mass is 163 g/mol. The van der Waals surface area contributed by atoms with Crippen molar-refractivity contribution in [3.8, 4) is 5.88 Å². The van der Waals surface area contributed by atoms with Gasteiger partial charge >= 0.3 is 0 Å². The average molecular weight is 163 g/mol. The van der Waals surface area contributed by atoms with Crippen molar-refractivity contribution in [3.63, 3.8) is 0 Å². The van der Waals surface area contributed by atoms with Crippen molar-refractivity contribution in [1.29, 1.82) is 0 Å². The van der Waals surface area contributed by atoms with Gasteiger partial charge in [-0.2, -0.15) is 9.61 Å². The third-order valence-corrected chi connectivity index (χ3v) is 1.71. The van der Waals surface area contributed by atoms with Crippen LogP contribution < -0.4 is 4.74 Å². The van der Waals surface area contributed by atoms with Gasteiger partial charge in [-0.25, -0.2) is 4.98 Å². The van der Waals surface area contributed by atoms with E-state index >= 15 is 0 Å². The molecule has 12 heavy (non-hydrogen) atoms. The number of nitrogens with zero attached hydrogens (tertiary/aromatic N) is 3. The van der Waals surface area contributed by atoms with Crippen LogP contribution in [0, 0.1) is 6.92 Å². The standard InChI is InChI=1S/C8H9N3O/c1-6-8(12-2)11-7(10-6)4-3-5-9-11/h3-5H,1-2H3. The molecule has 0 aliphatic carbocycles. The first kappa shape index (κ1) is 7.09. The number of fused-ring (bicyclic) bond motifs is 1. The molecule has 0 amide bonds. The first-order chi connectivity index (χ1) is 5.83. The fourth-order valence-corrected chi connectivity index (χ4v) is 1.21. The molecule has 2 aromatic rings. The van der Waals surface area contributed by atoms with Crippen LogP contribution in [0.15, 0.2) is 18.3 Å². The molecular formula is C8H9N3O. The van der Waals surface area contributed by atoms with Crippen LogP contribution in [0.1, 0.15) is 5.69 Å². The van der Waals surface area contributed by atoms with Gasteiger partial charge in [0.15, 0.2) is 5.65 Å². The topological polar surface area (TPSA) is 39.4 Å². The Hall–Kier alpha value is -1.58. The number of methoxy groups -OCH3 is 1. The van der Waals surface area contributed by atoms with Gasteiger partial charge in [0.05, 0.1) is 7.11 Å². The van der Waals surface area contributed by atoms with Crippen molar-refractivity contribution >= 4 is 5.65 Å². The van der Waals surface area contributed by atoms with Gasteiger partial charge in [0.25, 0.3) is 0 Å². The predicted molar refractivity (Wildman–Crippen MR) is 44.3 cm³/mol. The molecule has 2 heterocycles. The fraction of sp³-hybridized carbons (Fsp3) is 0.250. The number of imidazole rings is 1. The van der Waals surface area contributed by atoms with Gasteiger partial charge in [-0.05, 0) is 19.1 Å². The quantitative estimate of drug-likeness (QED) is 0.630. The highest BCUT2D eigenvalue weighted by Crippen LogP contribution is 2.16. The maximum Gasteiger partial charge on any atom is 0.238 e. The minimum absolute atomic E-state index is 0.700. The van der Waals surface area contributed by atoms with Crippen molar-refractivity contribution in [1.82, 2.24) is 14.6 Å². The summed E-state index contributed by atoms with van der Waals surface area (Å²) in [5.74, 6) is 0.700. The van der Waals surface area contributed by atoms with Crippen LogP contribution in [0.4, 0.5) is 0 Å². The summed E-state index contributed by atoms with van der Waals surface area (Å²) >= 11 is 0. The zero-order valence-electron chi connectivity index (χ0n) is 6.98. The van der Waals surface area contributed by atoms with Gasteiger partial charge in [-0.1, -0.05) is 0 Å². The first-order valence-electron chi connectivity index (χ1n) is 3.67. The van der Waals surface area contributed by atoms with Gasteiger partial charge in [0, 0.05) is 6.20 Å². The number of hydrogen-bond acceptors (Lipinski definition) is 3. The van der Waals surface area contributed by atoms with Crippen LogP contribution in [0.2, 0.25) is 0 Å². The van der Waals surface area contributed by atoms with Gasteiger partial charge in [-0.3, -0.25) is 0 Å². The van der Waals surface area contributed by atoms with Crippen molar-refractivity contribution < 1.29 is 4.74 Å². The Balaban J connectivity index is 2.81. The highest BCUT2D eigenvalue weighted by molar-refractivity contribution is 5.43. The van der Waals surface area contributed by atoms with E-state index in [0.29, 0.717) is 5.88 Å². The molecule has 0 saturated heterocycles. The molecule has 4 nitrogen and oxygen atoms in total. The zero-order valence-corrected chi connectivity index (χ0v) is 6.98. The molecule has 0 bridgehead atoms. The van der Waals surface area contributed by atoms with Crippen LogP contribution in [-0.4, -0.2) is 21.7 Å². The summed E-state index contributed by atoms with van der Waals surface area (Å²) in [6, 6.07) is 3.74. The van der Waals surface area contributed by atoms with E-state index < -0.39 is 0 Å². The molecule has 0 fully saturated rings. The van der Waals surface area contributed by atoms with Crippen molar-refractivity contribution in [3.05, 3.63) is 24.0 Å². The van der Waals surface area contributed by atoms with E-state index in [9.17, 15) is 0 Å². The van der Waals surface area contributed by atoms with Crippen LogP contribution >= 0.6 is 0 Å². The minimum atomic E-state index is 0.700. The van der Waals surface area contributed by atoms with Crippen LogP contribution in [0.3, 0.4) is 0 Å². The average Bonchev–Trinajstić information content (AvgIpc) is 2.40. The van der Waals surface area contributed by atoms with Crippen LogP contribution in [0.5, 0.6) is 5.88 Å². The molecule has 62 valence electrons. The summed E-state index contributed by atoms with van der Waals surface area (Å²) < 4.78 is 6.81. The van der Waals surface area contributed by atoms with Crippen molar-refractivity contribution in [2.75, 3.05) is 7.11 Å². The Kier molecular flexibility index (Phi) is 1.46. The van der Waals surface area contributed by atoms with Gasteiger partial charge < -0.3 is 4.74 Å². The Bertz CT molecular complexity index is 408. The van der Waals surface area contributed by atoms with Crippen molar-refractivity contribution in [2.24, 2.45) is 0 Å².